The molecule has 0 saturated heterocycles. The maximum Gasteiger partial charge on any atom is 0.315 e. The summed E-state index contributed by atoms with van der Waals surface area (Å²) in [5, 5.41) is 15.0. The quantitative estimate of drug-likeness (QED) is 0.726. The molecular weight excluding hydrogens is 319 g/mol. The molecule has 0 radical (unpaired) electrons. The van der Waals surface area contributed by atoms with E-state index < -0.39 is 11.9 Å². The van der Waals surface area contributed by atoms with Gasteiger partial charge in [0, 0.05) is 22.4 Å². The third-order valence-electron chi connectivity index (χ3n) is 2.96. The molecule has 1 aromatic heterocycles. The number of carbonyl (C=O) groups is 1. The first-order chi connectivity index (χ1) is 11.0. The van der Waals surface area contributed by atoms with Gasteiger partial charge in [-0.3, -0.25) is 0 Å². The second kappa shape index (κ2) is 8.50. The van der Waals surface area contributed by atoms with Gasteiger partial charge in [-0.2, -0.15) is 0 Å². The first-order valence-electron chi connectivity index (χ1n) is 7.16. The average Bonchev–Trinajstić information content (AvgIpc) is 2.94. The molecule has 2 rings (SSSR count). The highest BCUT2D eigenvalue weighted by Crippen LogP contribution is 2.14. The summed E-state index contributed by atoms with van der Waals surface area (Å²) in [6, 6.07) is 9.25. The lowest BCUT2D eigenvalue weighted by atomic mass is 10.3. The number of nitrogens with one attached hydrogen (secondary N) is 2. The third kappa shape index (κ3) is 6.25. The smallest absolute Gasteiger partial charge is 0.315 e. The van der Waals surface area contributed by atoms with Crippen molar-refractivity contribution < 1.29 is 19.0 Å². The van der Waals surface area contributed by atoms with Crippen LogP contribution in [0, 0.1) is 12.7 Å². The Balaban J connectivity index is 1.63. The van der Waals surface area contributed by atoms with E-state index in [-0.39, 0.29) is 19.2 Å². The second-order valence-corrected chi connectivity index (χ2v) is 6.37. The number of benzene rings is 1. The van der Waals surface area contributed by atoms with Gasteiger partial charge >= 0.3 is 6.03 Å². The Morgan fingerprint density at radius 3 is 2.87 bits per heavy atom. The van der Waals surface area contributed by atoms with E-state index in [1.54, 1.807) is 17.4 Å². The van der Waals surface area contributed by atoms with E-state index >= 15 is 0 Å². The van der Waals surface area contributed by atoms with Crippen molar-refractivity contribution in [2.75, 3.05) is 13.2 Å². The van der Waals surface area contributed by atoms with Crippen LogP contribution in [-0.4, -0.2) is 30.4 Å². The van der Waals surface area contributed by atoms with E-state index in [1.807, 2.05) is 19.1 Å². The zero-order valence-corrected chi connectivity index (χ0v) is 13.5. The molecule has 23 heavy (non-hydrogen) atoms. The summed E-state index contributed by atoms with van der Waals surface area (Å²) >= 11 is 1.62. The predicted molar refractivity (Wildman–Crippen MR) is 87.2 cm³/mol. The maximum absolute atomic E-state index is 13.0. The lowest BCUT2D eigenvalue weighted by Gasteiger charge is -2.13. The standard InChI is InChI=1S/C16H19FN2O3S/c1-11-5-6-15(23-11)9-19-16(21)18-8-13(20)10-22-14-4-2-3-12(17)7-14/h2-7,13,20H,8-10H2,1H3,(H2,18,19,21). The van der Waals surface area contributed by atoms with Crippen LogP contribution in [0.5, 0.6) is 5.75 Å². The zero-order valence-electron chi connectivity index (χ0n) is 12.7. The van der Waals surface area contributed by atoms with E-state index in [0.717, 1.165) is 4.88 Å². The molecule has 1 heterocycles. The van der Waals surface area contributed by atoms with Crippen LogP contribution in [0.25, 0.3) is 0 Å². The molecule has 2 amide bonds. The minimum absolute atomic E-state index is 0.0339. The fraction of sp³-hybridized carbons (Fsp3) is 0.312. The maximum atomic E-state index is 13.0. The molecule has 0 aliphatic carbocycles. The molecule has 1 atom stereocenters. The molecule has 1 aromatic carbocycles. The Bertz CT molecular complexity index is 648. The summed E-state index contributed by atoms with van der Waals surface area (Å²) in [4.78, 5) is 13.9. The molecule has 5 nitrogen and oxygen atoms in total. The van der Waals surface area contributed by atoms with Crippen LogP contribution in [0.15, 0.2) is 36.4 Å². The van der Waals surface area contributed by atoms with Crippen molar-refractivity contribution in [2.24, 2.45) is 0 Å². The Morgan fingerprint density at radius 1 is 1.35 bits per heavy atom. The highest BCUT2D eigenvalue weighted by Gasteiger charge is 2.08. The highest BCUT2D eigenvalue weighted by atomic mass is 32.1. The number of aliphatic hydroxyl groups excluding tert-OH is 1. The van der Waals surface area contributed by atoms with Crippen LogP contribution in [0.4, 0.5) is 9.18 Å². The molecular formula is C16H19FN2O3S. The van der Waals surface area contributed by atoms with E-state index in [9.17, 15) is 14.3 Å². The van der Waals surface area contributed by atoms with Crippen molar-refractivity contribution in [1.82, 2.24) is 10.6 Å². The number of hydrogen-bond donors (Lipinski definition) is 3. The summed E-state index contributed by atoms with van der Waals surface area (Å²) in [6.07, 6.45) is -0.881. The molecule has 0 aliphatic rings. The number of thiophene rings is 1. The molecule has 0 aliphatic heterocycles. The Morgan fingerprint density at radius 2 is 2.17 bits per heavy atom. The summed E-state index contributed by atoms with van der Waals surface area (Å²) < 4.78 is 18.2. The van der Waals surface area contributed by atoms with Gasteiger partial charge in [0.05, 0.1) is 6.54 Å². The van der Waals surface area contributed by atoms with Crippen LogP contribution in [0.1, 0.15) is 9.75 Å². The van der Waals surface area contributed by atoms with Gasteiger partial charge < -0.3 is 20.5 Å². The Kier molecular flexibility index (Phi) is 6.37. The van der Waals surface area contributed by atoms with Crippen LogP contribution < -0.4 is 15.4 Å². The van der Waals surface area contributed by atoms with Gasteiger partial charge in [0.1, 0.15) is 24.3 Å². The minimum atomic E-state index is -0.881. The molecule has 7 heteroatoms. The topological polar surface area (TPSA) is 70.6 Å². The number of aryl methyl sites for hydroxylation is 1. The number of amides is 2. The van der Waals surface area contributed by atoms with E-state index in [1.165, 1.54) is 23.1 Å². The third-order valence-corrected chi connectivity index (χ3v) is 3.96. The average molecular weight is 338 g/mol. The summed E-state index contributed by atoms with van der Waals surface area (Å²) in [5.74, 6) is -0.0696. The summed E-state index contributed by atoms with van der Waals surface area (Å²) in [5.41, 5.74) is 0. The summed E-state index contributed by atoms with van der Waals surface area (Å²) in [6.45, 7) is 2.46. The van der Waals surface area contributed by atoms with Crippen molar-refractivity contribution in [3.05, 3.63) is 52.0 Å². The molecule has 2 aromatic rings. The van der Waals surface area contributed by atoms with Gasteiger partial charge in [0.15, 0.2) is 0 Å². The first kappa shape index (κ1) is 17.2. The van der Waals surface area contributed by atoms with Crippen LogP contribution in [0.3, 0.4) is 0 Å². The number of urea groups is 1. The van der Waals surface area contributed by atoms with Gasteiger partial charge in [-0.05, 0) is 31.2 Å². The van der Waals surface area contributed by atoms with Crippen LogP contribution >= 0.6 is 11.3 Å². The minimum Gasteiger partial charge on any atom is -0.491 e. The van der Waals surface area contributed by atoms with Crippen molar-refractivity contribution in [3.8, 4) is 5.75 Å². The fourth-order valence-electron chi connectivity index (χ4n) is 1.83. The molecule has 0 saturated carbocycles. The lowest BCUT2D eigenvalue weighted by Crippen LogP contribution is -2.40. The van der Waals surface area contributed by atoms with E-state index in [0.29, 0.717) is 12.3 Å². The zero-order chi connectivity index (χ0) is 16.7. The van der Waals surface area contributed by atoms with Gasteiger partial charge in [-0.15, -0.1) is 11.3 Å². The highest BCUT2D eigenvalue weighted by molar-refractivity contribution is 7.11. The number of aliphatic hydroxyl groups is 1. The Hall–Kier alpha value is -2.12. The van der Waals surface area contributed by atoms with Crippen molar-refractivity contribution >= 4 is 17.4 Å². The monoisotopic (exact) mass is 338 g/mol. The van der Waals surface area contributed by atoms with E-state index in [4.69, 9.17) is 4.74 Å². The van der Waals surface area contributed by atoms with Crippen LogP contribution in [-0.2, 0) is 6.54 Å². The Labute approximate surface area is 138 Å². The van der Waals surface area contributed by atoms with Crippen molar-refractivity contribution in [1.29, 1.82) is 0 Å². The first-order valence-corrected chi connectivity index (χ1v) is 7.98. The van der Waals surface area contributed by atoms with Crippen molar-refractivity contribution in [3.63, 3.8) is 0 Å². The molecule has 0 spiro atoms. The molecule has 1 unspecified atom stereocenters. The number of ether oxygens (including phenoxy) is 1. The van der Waals surface area contributed by atoms with Crippen molar-refractivity contribution in [2.45, 2.75) is 19.6 Å². The molecule has 124 valence electrons. The number of halogens is 1. The molecule has 3 N–H and O–H groups in total. The van der Waals surface area contributed by atoms with Crippen LogP contribution in [0.2, 0.25) is 0 Å². The second-order valence-electron chi connectivity index (χ2n) is 5.00. The SMILES string of the molecule is Cc1ccc(CNC(=O)NCC(O)COc2cccc(F)c2)s1. The lowest BCUT2D eigenvalue weighted by molar-refractivity contribution is 0.107. The van der Waals surface area contributed by atoms with Gasteiger partial charge in [-0.1, -0.05) is 6.07 Å². The number of carbonyl (C=O) groups excluding carboxylic acids is 1. The number of rotatable bonds is 7. The van der Waals surface area contributed by atoms with E-state index in [2.05, 4.69) is 10.6 Å². The summed E-state index contributed by atoms with van der Waals surface area (Å²) in [7, 11) is 0. The van der Waals surface area contributed by atoms with Gasteiger partial charge in [0.25, 0.3) is 0 Å². The normalized spacial score (nSPS) is 11.8. The predicted octanol–water partition coefficient (Wildman–Crippen LogP) is 2.43. The van der Waals surface area contributed by atoms with Gasteiger partial charge in [0.2, 0.25) is 0 Å². The molecule has 0 fully saturated rings. The van der Waals surface area contributed by atoms with Gasteiger partial charge in [-0.25, -0.2) is 9.18 Å². The number of hydrogen-bond acceptors (Lipinski definition) is 4. The molecule has 0 bridgehead atoms. The fourth-order valence-corrected chi connectivity index (χ4v) is 2.66. The largest absolute Gasteiger partial charge is 0.491 e.